The second-order valence-electron chi connectivity index (χ2n) is 4.43. The molecule has 0 aromatic heterocycles. The summed E-state index contributed by atoms with van der Waals surface area (Å²) in [5.74, 6) is 0.955. The highest BCUT2D eigenvalue weighted by atomic mass is 15.1. The highest BCUT2D eigenvalue weighted by molar-refractivity contribution is 4.70. The van der Waals surface area contributed by atoms with Crippen molar-refractivity contribution in [3.63, 3.8) is 0 Å². The van der Waals surface area contributed by atoms with Gasteiger partial charge in [-0.3, -0.25) is 0 Å². The quantitative estimate of drug-likeness (QED) is 0.617. The summed E-state index contributed by atoms with van der Waals surface area (Å²) in [6.45, 7) is 5.64. The average molecular weight is 199 g/mol. The largest absolute Gasteiger partial charge is 0.330 e. The van der Waals surface area contributed by atoms with Gasteiger partial charge < -0.3 is 16.0 Å². The number of nitrogens with two attached hydrogens (primary N) is 1. The van der Waals surface area contributed by atoms with Gasteiger partial charge in [-0.1, -0.05) is 0 Å². The number of nitrogens with one attached hydrogen (secondary N) is 1. The van der Waals surface area contributed by atoms with Crippen molar-refractivity contribution >= 4 is 0 Å². The standard InChI is InChI=1S/C11H25N3/c1-14-9-4-11(5-10-14)3-8-13-7-2-6-12/h11,13H,2-10,12H2,1H3. The molecule has 0 amide bonds. The number of piperidine rings is 1. The molecule has 0 atom stereocenters. The zero-order valence-electron chi connectivity index (χ0n) is 9.47. The summed E-state index contributed by atoms with van der Waals surface area (Å²) in [7, 11) is 2.22. The zero-order chi connectivity index (χ0) is 10.2. The first kappa shape index (κ1) is 12.0. The van der Waals surface area contributed by atoms with Crippen LogP contribution in [0.1, 0.15) is 25.7 Å². The zero-order valence-corrected chi connectivity index (χ0v) is 9.47. The minimum atomic E-state index is 0.807. The molecule has 0 saturated carbocycles. The van der Waals surface area contributed by atoms with Gasteiger partial charge in [-0.2, -0.15) is 0 Å². The molecule has 84 valence electrons. The Hall–Kier alpha value is -0.120. The second-order valence-corrected chi connectivity index (χ2v) is 4.43. The van der Waals surface area contributed by atoms with Crippen LogP contribution in [0.3, 0.4) is 0 Å². The molecule has 1 rings (SSSR count). The van der Waals surface area contributed by atoms with Crippen LogP contribution in [0.15, 0.2) is 0 Å². The first-order valence-electron chi connectivity index (χ1n) is 5.92. The number of nitrogens with zero attached hydrogens (tertiary/aromatic N) is 1. The molecule has 0 unspecified atom stereocenters. The molecule has 1 heterocycles. The van der Waals surface area contributed by atoms with E-state index >= 15 is 0 Å². The fraction of sp³-hybridized carbons (Fsp3) is 1.00. The summed E-state index contributed by atoms with van der Waals surface area (Å²) in [5.41, 5.74) is 5.42. The minimum Gasteiger partial charge on any atom is -0.330 e. The summed E-state index contributed by atoms with van der Waals surface area (Å²) in [4.78, 5) is 2.43. The van der Waals surface area contributed by atoms with E-state index in [1.54, 1.807) is 0 Å². The van der Waals surface area contributed by atoms with Crippen molar-refractivity contribution in [2.75, 3.05) is 39.8 Å². The molecule has 3 N–H and O–H groups in total. The van der Waals surface area contributed by atoms with Crippen LogP contribution in [0.5, 0.6) is 0 Å². The minimum absolute atomic E-state index is 0.807. The van der Waals surface area contributed by atoms with Gasteiger partial charge in [-0.25, -0.2) is 0 Å². The Labute approximate surface area is 88.0 Å². The van der Waals surface area contributed by atoms with E-state index < -0.39 is 0 Å². The maximum absolute atomic E-state index is 5.42. The van der Waals surface area contributed by atoms with Crippen LogP contribution in [0.4, 0.5) is 0 Å². The van der Waals surface area contributed by atoms with Gasteiger partial charge in [0.15, 0.2) is 0 Å². The van der Waals surface area contributed by atoms with Gasteiger partial charge in [0.05, 0.1) is 0 Å². The lowest BCUT2D eigenvalue weighted by Crippen LogP contribution is -2.31. The van der Waals surface area contributed by atoms with E-state index in [1.807, 2.05) is 0 Å². The molecule has 0 aromatic carbocycles. The maximum Gasteiger partial charge on any atom is -0.00191 e. The SMILES string of the molecule is CN1CCC(CCNCCCN)CC1. The molecule has 1 fully saturated rings. The summed E-state index contributed by atoms with van der Waals surface area (Å²) in [6.07, 6.45) is 5.22. The smallest absolute Gasteiger partial charge is 0.00191 e. The Balaban J connectivity index is 1.91. The molecule has 1 aliphatic heterocycles. The molecule has 0 radical (unpaired) electrons. The van der Waals surface area contributed by atoms with E-state index in [9.17, 15) is 0 Å². The Bertz CT molecular complexity index is 130. The third-order valence-corrected chi connectivity index (χ3v) is 3.13. The highest BCUT2D eigenvalue weighted by Gasteiger charge is 2.15. The third-order valence-electron chi connectivity index (χ3n) is 3.13. The van der Waals surface area contributed by atoms with Crippen molar-refractivity contribution in [2.24, 2.45) is 11.7 Å². The highest BCUT2D eigenvalue weighted by Crippen LogP contribution is 2.18. The van der Waals surface area contributed by atoms with Gasteiger partial charge in [0.2, 0.25) is 0 Å². The summed E-state index contributed by atoms with van der Waals surface area (Å²) in [5, 5.41) is 3.45. The van der Waals surface area contributed by atoms with Crippen molar-refractivity contribution in [3.8, 4) is 0 Å². The predicted octanol–water partition coefficient (Wildman–Crippen LogP) is 0.657. The molecule has 14 heavy (non-hydrogen) atoms. The lowest BCUT2D eigenvalue weighted by atomic mass is 9.94. The molecule has 3 nitrogen and oxygen atoms in total. The number of likely N-dealkylation sites (tertiary alicyclic amines) is 1. The van der Waals surface area contributed by atoms with E-state index in [4.69, 9.17) is 5.73 Å². The Morgan fingerprint density at radius 1 is 1.29 bits per heavy atom. The van der Waals surface area contributed by atoms with Gasteiger partial charge in [-0.15, -0.1) is 0 Å². The number of rotatable bonds is 6. The van der Waals surface area contributed by atoms with Crippen molar-refractivity contribution in [2.45, 2.75) is 25.7 Å². The molecule has 1 saturated heterocycles. The van der Waals surface area contributed by atoms with Gasteiger partial charge in [0.1, 0.15) is 0 Å². The summed E-state index contributed by atoms with van der Waals surface area (Å²) < 4.78 is 0. The van der Waals surface area contributed by atoms with Gasteiger partial charge in [0.25, 0.3) is 0 Å². The fourth-order valence-electron chi connectivity index (χ4n) is 2.01. The van der Waals surface area contributed by atoms with Gasteiger partial charge in [0, 0.05) is 0 Å². The Kier molecular flexibility index (Phi) is 6.15. The van der Waals surface area contributed by atoms with E-state index in [0.717, 1.165) is 25.4 Å². The van der Waals surface area contributed by atoms with Crippen LogP contribution in [-0.4, -0.2) is 44.7 Å². The van der Waals surface area contributed by atoms with Gasteiger partial charge >= 0.3 is 0 Å². The average Bonchev–Trinajstić information content (AvgIpc) is 2.21. The lowest BCUT2D eigenvalue weighted by Gasteiger charge is -2.28. The number of hydrogen-bond acceptors (Lipinski definition) is 3. The first-order valence-corrected chi connectivity index (χ1v) is 5.92. The molecule has 3 heteroatoms. The van der Waals surface area contributed by atoms with E-state index in [1.165, 1.54) is 38.9 Å². The van der Waals surface area contributed by atoms with Crippen LogP contribution in [0, 0.1) is 5.92 Å². The second kappa shape index (κ2) is 7.21. The van der Waals surface area contributed by atoms with E-state index in [0.29, 0.717) is 0 Å². The van der Waals surface area contributed by atoms with Crippen molar-refractivity contribution in [1.29, 1.82) is 0 Å². The molecular formula is C11H25N3. The normalized spacial score (nSPS) is 20.1. The Morgan fingerprint density at radius 2 is 2.00 bits per heavy atom. The van der Waals surface area contributed by atoms with Crippen LogP contribution < -0.4 is 11.1 Å². The summed E-state index contributed by atoms with van der Waals surface area (Å²) in [6, 6.07) is 0. The molecule has 1 aliphatic rings. The number of hydrogen-bond donors (Lipinski definition) is 2. The maximum atomic E-state index is 5.42. The van der Waals surface area contributed by atoms with Crippen molar-refractivity contribution in [3.05, 3.63) is 0 Å². The van der Waals surface area contributed by atoms with Crippen LogP contribution in [0.2, 0.25) is 0 Å². The fourth-order valence-corrected chi connectivity index (χ4v) is 2.01. The predicted molar refractivity (Wildman–Crippen MR) is 61.4 cm³/mol. The molecule has 0 aromatic rings. The van der Waals surface area contributed by atoms with Crippen molar-refractivity contribution < 1.29 is 0 Å². The third kappa shape index (κ3) is 4.94. The topological polar surface area (TPSA) is 41.3 Å². The molecule has 0 bridgehead atoms. The van der Waals surface area contributed by atoms with Crippen LogP contribution in [0.25, 0.3) is 0 Å². The molecular weight excluding hydrogens is 174 g/mol. The van der Waals surface area contributed by atoms with Crippen LogP contribution in [-0.2, 0) is 0 Å². The van der Waals surface area contributed by atoms with E-state index in [-0.39, 0.29) is 0 Å². The monoisotopic (exact) mass is 199 g/mol. The molecule has 0 aliphatic carbocycles. The van der Waals surface area contributed by atoms with Crippen molar-refractivity contribution in [1.82, 2.24) is 10.2 Å². The Morgan fingerprint density at radius 3 is 2.64 bits per heavy atom. The van der Waals surface area contributed by atoms with Crippen LogP contribution >= 0.6 is 0 Å². The molecule has 0 spiro atoms. The first-order chi connectivity index (χ1) is 6.83. The summed E-state index contributed by atoms with van der Waals surface area (Å²) >= 11 is 0. The van der Waals surface area contributed by atoms with Gasteiger partial charge in [-0.05, 0) is 71.4 Å². The van der Waals surface area contributed by atoms with E-state index in [2.05, 4.69) is 17.3 Å². The lowest BCUT2D eigenvalue weighted by molar-refractivity contribution is 0.211.